The Balaban J connectivity index is 2.69. The van der Waals surface area contributed by atoms with E-state index in [0.717, 1.165) is 6.54 Å². The van der Waals surface area contributed by atoms with E-state index in [4.69, 9.17) is 9.47 Å². The number of carbonyl (C=O) groups is 1. The van der Waals surface area contributed by atoms with Crippen LogP contribution in [0.4, 0.5) is 0 Å². The molecule has 0 heterocycles. The summed E-state index contributed by atoms with van der Waals surface area (Å²) in [5.41, 5.74) is 0.610. The number of nitrogens with zero attached hydrogens (tertiary/aromatic N) is 1. The zero-order valence-corrected chi connectivity index (χ0v) is 14.3. The van der Waals surface area contributed by atoms with Crippen LogP contribution in [0.5, 0.6) is 5.75 Å². The second-order valence-electron chi connectivity index (χ2n) is 5.96. The monoisotopic (exact) mass is 308 g/mol. The molecule has 1 amide bonds. The Kier molecular flexibility index (Phi) is 7.91. The van der Waals surface area contributed by atoms with Crippen molar-refractivity contribution in [1.82, 2.24) is 10.2 Å². The highest BCUT2D eigenvalue weighted by molar-refractivity contribution is 5.94. The molecule has 124 valence electrons. The molecular formula is C17H28N2O3. The van der Waals surface area contributed by atoms with E-state index in [2.05, 4.69) is 24.1 Å². The van der Waals surface area contributed by atoms with Gasteiger partial charge in [-0.3, -0.25) is 4.79 Å². The fourth-order valence-electron chi connectivity index (χ4n) is 2.04. The number of nitrogens with one attached hydrogen (secondary N) is 1. The molecule has 5 heteroatoms. The van der Waals surface area contributed by atoms with Gasteiger partial charge in [-0.25, -0.2) is 0 Å². The van der Waals surface area contributed by atoms with Gasteiger partial charge in [-0.15, -0.1) is 0 Å². The number of benzene rings is 1. The molecule has 1 atom stereocenters. The van der Waals surface area contributed by atoms with Crippen LogP contribution >= 0.6 is 0 Å². The Hall–Kier alpha value is -1.59. The third-order valence-electron chi connectivity index (χ3n) is 3.34. The third kappa shape index (κ3) is 6.45. The Morgan fingerprint density at radius 3 is 2.59 bits per heavy atom. The molecule has 1 aromatic rings. The Labute approximate surface area is 133 Å². The summed E-state index contributed by atoms with van der Waals surface area (Å²) in [7, 11) is 5.64. The van der Waals surface area contributed by atoms with E-state index in [1.165, 1.54) is 0 Å². The number of hydrogen-bond donors (Lipinski definition) is 1. The van der Waals surface area contributed by atoms with Crippen molar-refractivity contribution in [3.63, 3.8) is 0 Å². The highest BCUT2D eigenvalue weighted by Gasteiger charge is 2.18. The van der Waals surface area contributed by atoms with Gasteiger partial charge in [0, 0.05) is 25.3 Å². The van der Waals surface area contributed by atoms with Gasteiger partial charge in [0.05, 0.1) is 6.61 Å². The van der Waals surface area contributed by atoms with Crippen molar-refractivity contribution in [3.05, 3.63) is 29.8 Å². The lowest BCUT2D eigenvalue weighted by Gasteiger charge is -2.25. The van der Waals surface area contributed by atoms with Crippen molar-refractivity contribution in [3.8, 4) is 5.75 Å². The molecule has 1 N–H and O–H groups in total. The minimum absolute atomic E-state index is 0.0715. The topological polar surface area (TPSA) is 50.8 Å². The minimum atomic E-state index is -0.0715. The second-order valence-corrected chi connectivity index (χ2v) is 5.96. The number of hydrogen-bond acceptors (Lipinski definition) is 4. The average Bonchev–Trinajstić information content (AvgIpc) is 2.46. The molecule has 0 saturated carbocycles. The molecule has 5 nitrogen and oxygen atoms in total. The first-order valence-electron chi connectivity index (χ1n) is 7.61. The summed E-state index contributed by atoms with van der Waals surface area (Å²) in [6, 6.07) is 7.34. The van der Waals surface area contributed by atoms with Crippen molar-refractivity contribution in [1.29, 1.82) is 0 Å². The zero-order valence-electron chi connectivity index (χ0n) is 14.3. The van der Waals surface area contributed by atoms with Crippen molar-refractivity contribution in [2.45, 2.75) is 19.9 Å². The average molecular weight is 308 g/mol. The molecule has 0 fully saturated rings. The van der Waals surface area contributed by atoms with Crippen LogP contribution in [0.3, 0.4) is 0 Å². The summed E-state index contributed by atoms with van der Waals surface area (Å²) in [5.74, 6) is 0.976. The summed E-state index contributed by atoms with van der Waals surface area (Å²) >= 11 is 0. The zero-order chi connectivity index (χ0) is 16.5. The normalized spacial score (nSPS) is 12.5. The van der Waals surface area contributed by atoms with Crippen LogP contribution in [0.2, 0.25) is 0 Å². The van der Waals surface area contributed by atoms with Crippen LogP contribution in [-0.2, 0) is 4.74 Å². The molecule has 0 aliphatic carbocycles. The van der Waals surface area contributed by atoms with Gasteiger partial charge in [-0.1, -0.05) is 19.9 Å². The molecule has 0 saturated heterocycles. The minimum Gasteiger partial charge on any atom is -0.491 e. The molecule has 1 aromatic carbocycles. The first kappa shape index (κ1) is 18.5. The maximum absolute atomic E-state index is 12.4. The Bertz CT molecular complexity index is 461. The van der Waals surface area contributed by atoms with E-state index in [1.54, 1.807) is 19.2 Å². The molecule has 22 heavy (non-hydrogen) atoms. The predicted octanol–water partition coefficient (Wildman–Crippen LogP) is 2.03. The van der Waals surface area contributed by atoms with E-state index >= 15 is 0 Å². The number of amides is 1. The maximum Gasteiger partial charge on any atom is 0.251 e. The molecular weight excluding hydrogens is 280 g/mol. The quantitative estimate of drug-likeness (QED) is 0.709. The summed E-state index contributed by atoms with van der Waals surface area (Å²) in [6.45, 7) is 6.02. The molecule has 0 aromatic heterocycles. The standard InChI is InChI=1S/C17H28N2O3/c1-13(2)16(12-19(3)4)18-17(20)14-7-6-8-15(11-14)22-10-9-21-5/h6-8,11,13,16H,9-10,12H2,1-5H3,(H,18,20). The highest BCUT2D eigenvalue weighted by Crippen LogP contribution is 2.14. The van der Waals surface area contributed by atoms with Gasteiger partial charge < -0.3 is 19.7 Å². The van der Waals surface area contributed by atoms with Crippen molar-refractivity contribution < 1.29 is 14.3 Å². The van der Waals surface area contributed by atoms with Crippen molar-refractivity contribution in [2.75, 3.05) is 41.0 Å². The van der Waals surface area contributed by atoms with E-state index in [-0.39, 0.29) is 11.9 Å². The van der Waals surface area contributed by atoms with E-state index in [1.807, 2.05) is 26.2 Å². The molecule has 0 aliphatic heterocycles. The fourth-order valence-corrected chi connectivity index (χ4v) is 2.04. The van der Waals surface area contributed by atoms with Gasteiger partial charge in [0.15, 0.2) is 0 Å². The van der Waals surface area contributed by atoms with E-state index in [0.29, 0.717) is 30.4 Å². The second kappa shape index (κ2) is 9.43. The van der Waals surface area contributed by atoms with Gasteiger partial charge >= 0.3 is 0 Å². The Morgan fingerprint density at radius 1 is 1.27 bits per heavy atom. The third-order valence-corrected chi connectivity index (χ3v) is 3.34. The molecule has 1 unspecified atom stereocenters. The van der Waals surface area contributed by atoms with E-state index < -0.39 is 0 Å². The van der Waals surface area contributed by atoms with Crippen LogP contribution in [-0.4, -0.2) is 57.8 Å². The van der Waals surface area contributed by atoms with Crippen LogP contribution in [0.25, 0.3) is 0 Å². The number of ether oxygens (including phenoxy) is 2. The number of methoxy groups -OCH3 is 1. The smallest absolute Gasteiger partial charge is 0.251 e. The van der Waals surface area contributed by atoms with Crippen LogP contribution in [0.15, 0.2) is 24.3 Å². The van der Waals surface area contributed by atoms with Crippen LogP contribution in [0.1, 0.15) is 24.2 Å². The van der Waals surface area contributed by atoms with Gasteiger partial charge in [0.2, 0.25) is 0 Å². The van der Waals surface area contributed by atoms with Crippen LogP contribution in [0, 0.1) is 5.92 Å². The van der Waals surface area contributed by atoms with Gasteiger partial charge in [0.25, 0.3) is 5.91 Å². The summed E-state index contributed by atoms with van der Waals surface area (Å²) in [5, 5.41) is 3.10. The lowest BCUT2D eigenvalue weighted by molar-refractivity contribution is 0.0916. The van der Waals surface area contributed by atoms with Crippen molar-refractivity contribution in [2.24, 2.45) is 5.92 Å². The SMILES string of the molecule is COCCOc1cccc(C(=O)NC(CN(C)C)C(C)C)c1. The largest absolute Gasteiger partial charge is 0.491 e. The summed E-state index contributed by atoms with van der Waals surface area (Å²) in [6.07, 6.45) is 0. The summed E-state index contributed by atoms with van der Waals surface area (Å²) < 4.78 is 10.5. The summed E-state index contributed by atoms with van der Waals surface area (Å²) in [4.78, 5) is 14.5. The number of rotatable bonds is 9. The molecule has 0 aliphatic rings. The lowest BCUT2D eigenvalue weighted by Crippen LogP contribution is -2.45. The Morgan fingerprint density at radius 2 is 2.00 bits per heavy atom. The first-order valence-corrected chi connectivity index (χ1v) is 7.61. The molecule has 0 bridgehead atoms. The number of carbonyl (C=O) groups excluding carboxylic acids is 1. The van der Waals surface area contributed by atoms with Gasteiger partial charge in [-0.2, -0.15) is 0 Å². The maximum atomic E-state index is 12.4. The molecule has 1 rings (SSSR count). The first-order chi connectivity index (χ1) is 10.4. The highest BCUT2D eigenvalue weighted by atomic mass is 16.5. The van der Waals surface area contributed by atoms with Crippen LogP contribution < -0.4 is 10.1 Å². The van der Waals surface area contributed by atoms with E-state index in [9.17, 15) is 4.79 Å². The molecule has 0 spiro atoms. The fraction of sp³-hybridized carbons (Fsp3) is 0.588. The number of likely N-dealkylation sites (N-methyl/N-ethyl adjacent to an activating group) is 1. The van der Waals surface area contributed by atoms with Gasteiger partial charge in [-0.05, 0) is 38.2 Å². The van der Waals surface area contributed by atoms with Gasteiger partial charge in [0.1, 0.15) is 12.4 Å². The lowest BCUT2D eigenvalue weighted by atomic mass is 10.0. The van der Waals surface area contributed by atoms with Crippen molar-refractivity contribution >= 4 is 5.91 Å². The predicted molar refractivity (Wildman–Crippen MR) is 88.5 cm³/mol. The molecule has 0 radical (unpaired) electrons.